The van der Waals surface area contributed by atoms with Crippen molar-refractivity contribution in [3.05, 3.63) is 36.5 Å². The van der Waals surface area contributed by atoms with Gasteiger partial charge in [-0.2, -0.15) is 0 Å². The van der Waals surface area contributed by atoms with Crippen molar-refractivity contribution in [3.8, 4) is 5.75 Å². The highest BCUT2D eigenvalue weighted by molar-refractivity contribution is 5.79. The minimum Gasteiger partial charge on any atom is -0.496 e. The molecule has 0 saturated heterocycles. The predicted octanol–water partition coefficient (Wildman–Crippen LogP) is 2.04. The highest BCUT2D eigenvalue weighted by atomic mass is 16.5. The fourth-order valence-corrected chi connectivity index (χ4v) is 1.11. The topological polar surface area (TPSA) is 22.1 Å². The van der Waals surface area contributed by atoms with Crippen LogP contribution in [0.2, 0.25) is 0 Å². The van der Waals surface area contributed by atoms with Gasteiger partial charge in [-0.1, -0.05) is 6.07 Å². The average molecular weight is 158 g/mol. The number of nitrogens with zero attached hydrogens (tertiary/aromatic N) is 1. The molecule has 2 heteroatoms. The molecule has 1 aromatic heterocycles. The van der Waals surface area contributed by atoms with Crippen LogP contribution in [0.15, 0.2) is 30.5 Å². The summed E-state index contributed by atoms with van der Waals surface area (Å²) >= 11 is 0. The van der Waals surface area contributed by atoms with E-state index in [-0.39, 0.29) is 0 Å². The number of ether oxygens (including phenoxy) is 1. The lowest BCUT2D eigenvalue weighted by atomic mass is 10.2. The van der Waals surface area contributed by atoms with E-state index in [9.17, 15) is 0 Å². The molecular weight excluding hydrogens is 150 g/mol. The molecule has 0 aliphatic heterocycles. The Morgan fingerprint density at radius 3 is 3.25 bits per heavy atom. The van der Waals surface area contributed by atoms with Crippen molar-refractivity contribution in [1.82, 2.24) is 4.98 Å². The molecule has 0 atom stereocenters. The van der Waals surface area contributed by atoms with Gasteiger partial charge in [0.2, 0.25) is 0 Å². The Morgan fingerprint density at radius 2 is 2.42 bits per heavy atom. The zero-order chi connectivity index (χ0) is 8.39. The third-order valence-corrected chi connectivity index (χ3v) is 1.73. The van der Waals surface area contributed by atoms with E-state index in [1.807, 2.05) is 24.3 Å². The van der Waals surface area contributed by atoms with E-state index >= 15 is 0 Å². The Bertz CT molecular complexity index is 398. The lowest BCUT2D eigenvalue weighted by molar-refractivity contribution is 0.414. The van der Waals surface area contributed by atoms with Crippen LogP contribution in [0.1, 0.15) is 0 Å². The van der Waals surface area contributed by atoms with Gasteiger partial charge in [-0.25, -0.2) is 0 Å². The summed E-state index contributed by atoms with van der Waals surface area (Å²) in [4.78, 5) is 4.17. The van der Waals surface area contributed by atoms with Crippen LogP contribution in [0.25, 0.3) is 10.9 Å². The van der Waals surface area contributed by atoms with Gasteiger partial charge in [0.15, 0.2) is 0 Å². The van der Waals surface area contributed by atoms with Crippen LogP contribution in [-0.4, -0.2) is 12.1 Å². The van der Waals surface area contributed by atoms with Crippen LogP contribution < -0.4 is 4.74 Å². The van der Waals surface area contributed by atoms with Crippen molar-refractivity contribution >= 4 is 10.9 Å². The molecule has 12 heavy (non-hydrogen) atoms. The Morgan fingerprint density at radius 1 is 1.50 bits per heavy atom. The van der Waals surface area contributed by atoms with Crippen molar-refractivity contribution in [1.29, 1.82) is 0 Å². The first-order chi connectivity index (χ1) is 5.90. The van der Waals surface area contributed by atoms with Gasteiger partial charge < -0.3 is 4.74 Å². The minimum atomic E-state index is 0.746. The summed E-state index contributed by atoms with van der Waals surface area (Å²) in [7, 11) is 1.63. The quantitative estimate of drug-likeness (QED) is 0.633. The molecule has 0 saturated carbocycles. The summed E-state index contributed by atoms with van der Waals surface area (Å²) < 4.78 is 5.04. The molecule has 0 spiro atoms. The molecular formula is C10H8NO. The zero-order valence-electron chi connectivity index (χ0n) is 6.74. The van der Waals surface area contributed by atoms with Crippen molar-refractivity contribution in [2.75, 3.05) is 7.11 Å². The maximum Gasteiger partial charge on any atom is 0.127 e. The van der Waals surface area contributed by atoms with E-state index in [0.717, 1.165) is 16.7 Å². The maximum absolute atomic E-state index is 5.04. The Hall–Kier alpha value is -1.57. The van der Waals surface area contributed by atoms with Crippen LogP contribution in [0, 0.1) is 6.07 Å². The van der Waals surface area contributed by atoms with Gasteiger partial charge in [0.05, 0.1) is 12.6 Å². The number of aromatic nitrogens is 1. The van der Waals surface area contributed by atoms with Gasteiger partial charge in [-0.05, 0) is 18.2 Å². The highest BCUT2D eigenvalue weighted by Crippen LogP contribution is 2.17. The zero-order valence-corrected chi connectivity index (χ0v) is 6.74. The van der Waals surface area contributed by atoms with E-state index in [2.05, 4.69) is 11.1 Å². The summed E-state index contributed by atoms with van der Waals surface area (Å²) in [6.07, 6.45) is 1.77. The fourth-order valence-electron chi connectivity index (χ4n) is 1.11. The monoisotopic (exact) mass is 158 g/mol. The number of methoxy groups -OCH3 is 1. The van der Waals surface area contributed by atoms with E-state index in [1.54, 1.807) is 13.3 Å². The number of rotatable bonds is 1. The second-order valence-electron chi connectivity index (χ2n) is 2.48. The van der Waals surface area contributed by atoms with Crippen molar-refractivity contribution < 1.29 is 4.74 Å². The van der Waals surface area contributed by atoms with Gasteiger partial charge >= 0.3 is 0 Å². The molecule has 0 N–H and O–H groups in total. The fraction of sp³-hybridized carbons (Fsp3) is 0.100. The average Bonchev–Trinajstić information content (AvgIpc) is 2.17. The molecule has 59 valence electrons. The summed E-state index contributed by atoms with van der Waals surface area (Å²) in [5, 5.41) is 1.08. The summed E-state index contributed by atoms with van der Waals surface area (Å²) in [6.45, 7) is 0. The number of pyridine rings is 1. The van der Waals surface area contributed by atoms with Gasteiger partial charge in [0.1, 0.15) is 5.75 Å². The molecule has 0 bridgehead atoms. The number of hydrogen-bond donors (Lipinski definition) is 0. The molecule has 0 unspecified atom stereocenters. The number of benzene rings is 1. The molecule has 0 fully saturated rings. The van der Waals surface area contributed by atoms with E-state index in [1.165, 1.54) is 0 Å². The Labute approximate surface area is 70.8 Å². The molecule has 2 aromatic rings. The predicted molar refractivity (Wildman–Crippen MR) is 47.1 cm³/mol. The molecule has 0 aliphatic carbocycles. The van der Waals surface area contributed by atoms with Gasteiger partial charge in [0, 0.05) is 17.6 Å². The normalized spacial score (nSPS) is 10.1. The largest absolute Gasteiger partial charge is 0.496 e. The van der Waals surface area contributed by atoms with Crippen LogP contribution in [0.4, 0.5) is 0 Å². The van der Waals surface area contributed by atoms with Gasteiger partial charge in [0.25, 0.3) is 0 Å². The third kappa shape index (κ3) is 1.11. The van der Waals surface area contributed by atoms with E-state index in [0.29, 0.717) is 0 Å². The summed E-state index contributed by atoms with van der Waals surface area (Å²) in [6, 6.07) is 10.6. The SMILES string of the molecule is COc1[c]cc2ncccc2c1. The minimum absolute atomic E-state index is 0.746. The molecule has 2 rings (SSSR count). The van der Waals surface area contributed by atoms with Crippen molar-refractivity contribution in [2.24, 2.45) is 0 Å². The molecule has 1 heterocycles. The molecule has 1 aromatic carbocycles. The van der Waals surface area contributed by atoms with Crippen LogP contribution in [0.5, 0.6) is 5.75 Å². The van der Waals surface area contributed by atoms with Crippen molar-refractivity contribution in [3.63, 3.8) is 0 Å². The number of hydrogen-bond acceptors (Lipinski definition) is 2. The molecule has 1 radical (unpaired) electrons. The van der Waals surface area contributed by atoms with Gasteiger partial charge in [-0.3, -0.25) is 4.98 Å². The Kier molecular flexibility index (Phi) is 1.67. The second kappa shape index (κ2) is 2.81. The lowest BCUT2D eigenvalue weighted by Gasteiger charge is -1.99. The van der Waals surface area contributed by atoms with E-state index < -0.39 is 0 Å². The highest BCUT2D eigenvalue weighted by Gasteiger charge is 1.95. The second-order valence-corrected chi connectivity index (χ2v) is 2.48. The number of fused-ring (bicyclic) bond motifs is 1. The summed E-state index contributed by atoms with van der Waals surface area (Å²) in [5.74, 6) is 0.746. The van der Waals surface area contributed by atoms with Crippen LogP contribution >= 0.6 is 0 Å². The third-order valence-electron chi connectivity index (χ3n) is 1.73. The van der Waals surface area contributed by atoms with E-state index in [4.69, 9.17) is 4.74 Å². The van der Waals surface area contributed by atoms with Gasteiger partial charge in [-0.15, -0.1) is 0 Å². The molecule has 0 aliphatic rings. The first-order valence-electron chi connectivity index (χ1n) is 3.70. The maximum atomic E-state index is 5.04. The molecule has 0 amide bonds. The first kappa shape index (κ1) is 7.10. The van der Waals surface area contributed by atoms with Crippen LogP contribution in [0.3, 0.4) is 0 Å². The standard InChI is InChI=1S/C10H8NO/c1-12-9-4-5-10-8(7-9)3-2-6-11-10/h2-3,5-7H,1H3. The summed E-state index contributed by atoms with van der Waals surface area (Å²) in [5.41, 5.74) is 0.943. The molecule has 2 nitrogen and oxygen atoms in total. The lowest BCUT2D eigenvalue weighted by Crippen LogP contribution is -1.83. The Balaban J connectivity index is 2.67. The smallest absolute Gasteiger partial charge is 0.127 e. The van der Waals surface area contributed by atoms with Crippen LogP contribution in [-0.2, 0) is 0 Å². The first-order valence-corrected chi connectivity index (χ1v) is 3.70. The van der Waals surface area contributed by atoms with Crippen molar-refractivity contribution in [2.45, 2.75) is 0 Å².